The van der Waals surface area contributed by atoms with E-state index >= 15 is 0 Å². The highest BCUT2D eigenvalue weighted by molar-refractivity contribution is 7.03. The maximum absolute atomic E-state index is 14.9. The topological polar surface area (TPSA) is 113 Å². The van der Waals surface area contributed by atoms with Crippen molar-refractivity contribution in [2.45, 2.75) is 56.7 Å². The Labute approximate surface area is 246 Å². The van der Waals surface area contributed by atoms with Gasteiger partial charge in [-0.1, -0.05) is 34.8 Å². The number of hydrogen-bond donors (Lipinski definition) is 1. The van der Waals surface area contributed by atoms with E-state index in [1.807, 2.05) is 0 Å². The largest absolute Gasteiger partial charge is 0.348 e. The van der Waals surface area contributed by atoms with Crippen LogP contribution >= 0.6 is 11.5 Å². The summed E-state index contributed by atoms with van der Waals surface area (Å²) in [7, 11) is 0. The van der Waals surface area contributed by atoms with Crippen molar-refractivity contribution in [1.82, 2.24) is 24.7 Å². The smallest absolute Gasteiger partial charge is 0.262 e. The molecule has 1 atom stereocenters. The van der Waals surface area contributed by atoms with Gasteiger partial charge in [0.1, 0.15) is 18.1 Å². The summed E-state index contributed by atoms with van der Waals surface area (Å²) in [5.74, 6) is -1.03. The second-order valence-corrected chi connectivity index (χ2v) is 12.9. The van der Waals surface area contributed by atoms with Crippen LogP contribution in [0.4, 0.5) is 4.39 Å². The third kappa shape index (κ3) is 4.69. The van der Waals surface area contributed by atoms with E-state index in [0.29, 0.717) is 17.8 Å². The molecule has 2 aromatic carbocycles. The molecule has 1 N–H and O–H groups in total. The lowest BCUT2D eigenvalue weighted by Crippen LogP contribution is -2.61. The molecule has 4 amide bonds. The average molecular weight is 588 g/mol. The molecule has 4 aliphatic carbocycles. The Hall–Kier alpha value is -3.99. The van der Waals surface area contributed by atoms with E-state index in [1.165, 1.54) is 30.2 Å². The molecule has 0 radical (unpaired) electrons. The van der Waals surface area contributed by atoms with Gasteiger partial charge in [-0.2, -0.15) is 0 Å². The zero-order valence-electron chi connectivity index (χ0n) is 22.9. The Bertz CT molecular complexity index is 1510. The fourth-order valence-electron chi connectivity index (χ4n) is 8.06. The zero-order valence-corrected chi connectivity index (χ0v) is 23.7. The maximum atomic E-state index is 14.9. The van der Waals surface area contributed by atoms with Crippen LogP contribution in [0, 0.1) is 23.6 Å². The molecular formula is C31H30FN5O4S. The third-order valence-corrected chi connectivity index (χ3v) is 9.96. The Kier molecular flexibility index (Phi) is 6.64. The fraction of sp³-hybridized carbons (Fsp3) is 0.419. The normalized spacial score (nSPS) is 26.3. The van der Waals surface area contributed by atoms with Gasteiger partial charge in [-0.05, 0) is 86.0 Å². The van der Waals surface area contributed by atoms with Crippen LogP contribution in [0.5, 0.6) is 0 Å². The minimum Gasteiger partial charge on any atom is -0.348 e. The van der Waals surface area contributed by atoms with Crippen molar-refractivity contribution in [3.8, 4) is 0 Å². The van der Waals surface area contributed by atoms with Gasteiger partial charge in [-0.15, -0.1) is 5.10 Å². The molecule has 9 nitrogen and oxygen atoms in total. The molecule has 4 bridgehead atoms. The molecule has 0 spiro atoms. The first-order chi connectivity index (χ1) is 20.3. The van der Waals surface area contributed by atoms with Crippen molar-refractivity contribution in [3.05, 3.63) is 82.1 Å². The SMILES string of the molecule is O=C(NC12CC3CC(CC(C3)C1)C2)[C@H](c1csnn1)N(Cc1ccccc1F)C(=O)CN1C(=O)c2ccccc2C1=O. The van der Waals surface area contributed by atoms with Crippen molar-refractivity contribution < 1.29 is 23.6 Å². The summed E-state index contributed by atoms with van der Waals surface area (Å²) in [6, 6.07) is 11.2. The van der Waals surface area contributed by atoms with Crippen LogP contribution < -0.4 is 5.32 Å². The van der Waals surface area contributed by atoms with Crippen molar-refractivity contribution in [3.63, 3.8) is 0 Å². The molecule has 0 saturated heterocycles. The van der Waals surface area contributed by atoms with Gasteiger partial charge in [-0.25, -0.2) is 4.39 Å². The summed E-state index contributed by atoms with van der Waals surface area (Å²) in [6.07, 6.45) is 6.32. The molecule has 1 aliphatic heterocycles. The quantitative estimate of drug-likeness (QED) is 0.397. The summed E-state index contributed by atoms with van der Waals surface area (Å²) in [5.41, 5.74) is 0.549. The predicted octanol–water partition coefficient (Wildman–Crippen LogP) is 4.13. The van der Waals surface area contributed by atoms with E-state index < -0.39 is 42.0 Å². The van der Waals surface area contributed by atoms with Gasteiger partial charge in [0.25, 0.3) is 11.8 Å². The number of nitrogens with one attached hydrogen (secondary N) is 1. The first kappa shape index (κ1) is 26.9. The van der Waals surface area contributed by atoms with E-state index in [1.54, 1.807) is 47.8 Å². The van der Waals surface area contributed by atoms with Crippen LogP contribution in [0.25, 0.3) is 0 Å². The van der Waals surface area contributed by atoms with Crippen molar-refractivity contribution in [2.75, 3.05) is 6.54 Å². The van der Waals surface area contributed by atoms with Gasteiger partial charge < -0.3 is 10.2 Å². The highest BCUT2D eigenvalue weighted by Crippen LogP contribution is 2.55. The third-order valence-electron chi connectivity index (χ3n) is 9.43. The number of amides is 4. The monoisotopic (exact) mass is 587 g/mol. The number of halogens is 1. The molecule has 216 valence electrons. The van der Waals surface area contributed by atoms with Gasteiger partial charge >= 0.3 is 0 Å². The zero-order chi connectivity index (χ0) is 29.0. The Morgan fingerprint density at radius 1 is 0.976 bits per heavy atom. The van der Waals surface area contributed by atoms with Gasteiger partial charge in [0.05, 0.1) is 11.1 Å². The number of carbonyl (C=O) groups is 4. The molecule has 4 saturated carbocycles. The number of aromatic nitrogens is 2. The van der Waals surface area contributed by atoms with E-state index in [-0.39, 0.29) is 34.5 Å². The summed E-state index contributed by atoms with van der Waals surface area (Å²) < 4.78 is 18.9. The second-order valence-electron chi connectivity index (χ2n) is 12.3. The standard InChI is InChI=1S/C31H30FN5O4S/c32-24-8-4-1-5-21(24)15-36(26(38)16-37-29(40)22-6-2-3-7-23(22)30(37)41)27(25-17-42-35-34-25)28(39)33-31-12-18-9-19(13-31)11-20(10-18)14-31/h1-8,17-20,27H,9-16H2,(H,33,39)/t18?,19?,20?,27-,31?/m0/s1. The lowest BCUT2D eigenvalue weighted by molar-refractivity contribution is -0.144. The molecule has 8 rings (SSSR count). The molecule has 0 unspecified atom stereocenters. The number of hydrogen-bond acceptors (Lipinski definition) is 7. The van der Waals surface area contributed by atoms with Gasteiger partial charge in [0, 0.05) is 23.0 Å². The molecule has 5 aliphatic rings. The number of benzene rings is 2. The number of nitrogens with zero attached hydrogens (tertiary/aromatic N) is 4. The number of fused-ring (bicyclic) bond motifs is 1. The summed E-state index contributed by atoms with van der Waals surface area (Å²) >= 11 is 1.05. The highest BCUT2D eigenvalue weighted by Gasteiger charge is 2.52. The minimum atomic E-state index is -1.22. The van der Waals surface area contributed by atoms with Crippen LogP contribution in [0.15, 0.2) is 53.9 Å². The van der Waals surface area contributed by atoms with Crippen LogP contribution in [0.2, 0.25) is 0 Å². The van der Waals surface area contributed by atoms with Crippen molar-refractivity contribution in [1.29, 1.82) is 0 Å². The number of rotatable bonds is 8. The number of imide groups is 1. The molecule has 2 heterocycles. The lowest BCUT2D eigenvalue weighted by Gasteiger charge is -2.57. The molecular weight excluding hydrogens is 557 g/mol. The maximum Gasteiger partial charge on any atom is 0.262 e. The first-order valence-corrected chi connectivity index (χ1v) is 15.2. The van der Waals surface area contributed by atoms with E-state index in [0.717, 1.165) is 35.7 Å². The highest BCUT2D eigenvalue weighted by atomic mass is 32.1. The van der Waals surface area contributed by atoms with Gasteiger partial charge in [0.2, 0.25) is 11.8 Å². The molecule has 11 heteroatoms. The molecule has 3 aromatic rings. The van der Waals surface area contributed by atoms with Gasteiger partial charge in [0.15, 0.2) is 6.04 Å². The molecule has 42 heavy (non-hydrogen) atoms. The molecule has 4 fully saturated rings. The summed E-state index contributed by atoms with van der Waals surface area (Å²) in [4.78, 5) is 56.7. The van der Waals surface area contributed by atoms with Crippen molar-refractivity contribution in [2.24, 2.45) is 17.8 Å². The lowest BCUT2D eigenvalue weighted by atomic mass is 9.53. The van der Waals surface area contributed by atoms with E-state index in [9.17, 15) is 23.6 Å². The average Bonchev–Trinajstić information content (AvgIpc) is 3.56. The number of carbonyl (C=O) groups excluding carboxylic acids is 4. The van der Waals surface area contributed by atoms with Crippen molar-refractivity contribution >= 4 is 35.2 Å². The first-order valence-electron chi connectivity index (χ1n) is 14.4. The van der Waals surface area contributed by atoms with Crippen LogP contribution in [0.1, 0.15) is 76.5 Å². The van der Waals surface area contributed by atoms with E-state index in [2.05, 4.69) is 14.9 Å². The Morgan fingerprint density at radius 3 is 2.14 bits per heavy atom. The minimum absolute atomic E-state index is 0.198. The van der Waals surface area contributed by atoms with Crippen LogP contribution in [-0.4, -0.2) is 55.1 Å². The summed E-state index contributed by atoms with van der Waals surface area (Å²) in [6.45, 7) is -0.856. The fourth-order valence-corrected chi connectivity index (χ4v) is 8.53. The van der Waals surface area contributed by atoms with E-state index in [4.69, 9.17) is 0 Å². The molecule has 1 aromatic heterocycles. The Morgan fingerprint density at radius 2 is 1.57 bits per heavy atom. The van der Waals surface area contributed by atoms with Crippen LogP contribution in [0.3, 0.4) is 0 Å². The van der Waals surface area contributed by atoms with Gasteiger partial charge in [-0.3, -0.25) is 24.1 Å². The second kappa shape index (κ2) is 10.4. The summed E-state index contributed by atoms with van der Waals surface area (Å²) in [5, 5.41) is 9.11. The van der Waals surface area contributed by atoms with Crippen LogP contribution in [-0.2, 0) is 16.1 Å². The predicted molar refractivity (Wildman–Crippen MR) is 150 cm³/mol. The Balaban J connectivity index is 1.22.